The van der Waals surface area contributed by atoms with Gasteiger partial charge in [0.15, 0.2) is 5.82 Å². The summed E-state index contributed by atoms with van der Waals surface area (Å²) < 4.78 is 0. The van der Waals surface area contributed by atoms with E-state index in [2.05, 4.69) is 90.3 Å². The number of benzene rings is 2. The van der Waals surface area contributed by atoms with Crippen LogP contribution >= 0.6 is 0 Å². The summed E-state index contributed by atoms with van der Waals surface area (Å²) in [6.07, 6.45) is 3.14. The van der Waals surface area contributed by atoms with Gasteiger partial charge in [-0.1, -0.05) is 31.2 Å². The average Bonchev–Trinajstić information content (AvgIpc) is 3.22. The summed E-state index contributed by atoms with van der Waals surface area (Å²) in [7, 11) is 0. The summed E-state index contributed by atoms with van der Waals surface area (Å²) in [4.78, 5) is 0. The van der Waals surface area contributed by atoms with Crippen molar-refractivity contribution in [2.24, 2.45) is 5.10 Å². The third-order valence-corrected chi connectivity index (χ3v) is 6.48. The molecule has 2 atom stereocenters. The molecule has 3 aromatic rings. The predicted octanol–water partition coefficient (Wildman–Crippen LogP) is 6.12. The number of H-pyrrole nitrogens is 1. The van der Waals surface area contributed by atoms with Crippen LogP contribution in [-0.2, 0) is 0 Å². The van der Waals surface area contributed by atoms with Crippen molar-refractivity contribution in [3.8, 4) is 0 Å². The smallest absolute Gasteiger partial charge is 0.152 e. The van der Waals surface area contributed by atoms with Gasteiger partial charge in [0.25, 0.3) is 0 Å². The number of aromatic nitrogens is 2. The van der Waals surface area contributed by atoms with E-state index in [1.165, 1.54) is 22.3 Å². The Kier molecular flexibility index (Phi) is 6.61. The number of nitrogens with one attached hydrogen (secondary N) is 4. The van der Waals surface area contributed by atoms with E-state index in [-0.39, 0.29) is 0 Å². The van der Waals surface area contributed by atoms with Crippen LogP contribution in [0.2, 0.25) is 0 Å². The van der Waals surface area contributed by atoms with Crippen molar-refractivity contribution in [1.29, 1.82) is 0 Å². The van der Waals surface area contributed by atoms with Crippen molar-refractivity contribution < 1.29 is 0 Å². The molecule has 0 amide bonds. The quantitative estimate of drug-likeness (QED) is 0.341. The minimum absolute atomic E-state index is 0.389. The van der Waals surface area contributed by atoms with E-state index < -0.39 is 0 Å². The van der Waals surface area contributed by atoms with Gasteiger partial charge in [-0.25, -0.2) is 0 Å². The number of aryl methyl sites for hydroxylation is 1. The van der Waals surface area contributed by atoms with Gasteiger partial charge in [0, 0.05) is 35.1 Å². The minimum Gasteiger partial charge on any atom is -0.339 e. The van der Waals surface area contributed by atoms with Crippen molar-refractivity contribution >= 4 is 22.9 Å². The molecule has 6 nitrogen and oxygen atoms in total. The van der Waals surface area contributed by atoms with Gasteiger partial charge in [-0.05, 0) is 75.8 Å². The topological polar surface area (TPSA) is 77.1 Å². The first-order chi connectivity index (χ1) is 15.5. The van der Waals surface area contributed by atoms with Gasteiger partial charge in [0.1, 0.15) is 0 Å². The Morgan fingerprint density at radius 2 is 1.84 bits per heavy atom. The number of anilines is 3. The second-order valence-electron chi connectivity index (χ2n) is 8.80. The fourth-order valence-corrected chi connectivity index (χ4v) is 4.21. The second kappa shape index (κ2) is 9.57. The van der Waals surface area contributed by atoms with Crippen LogP contribution in [0.3, 0.4) is 0 Å². The van der Waals surface area contributed by atoms with Crippen LogP contribution in [0.4, 0.5) is 17.2 Å². The zero-order valence-electron chi connectivity index (χ0n) is 19.7. The molecule has 2 aromatic carbocycles. The molecule has 1 heterocycles. The number of hydrazone groups is 1. The van der Waals surface area contributed by atoms with Gasteiger partial charge in [-0.2, -0.15) is 10.2 Å². The fourth-order valence-electron chi connectivity index (χ4n) is 4.21. The van der Waals surface area contributed by atoms with Crippen molar-refractivity contribution in [2.45, 2.75) is 66.0 Å². The van der Waals surface area contributed by atoms with Crippen molar-refractivity contribution in [3.05, 3.63) is 70.4 Å². The molecule has 4 rings (SSSR count). The number of aromatic amines is 1. The second-order valence-corrected chi connectivity index (χ2v) is 8.80. The first-order valence-electron chi connectivity index (χ1n) is 11.5. The Balaban J connectivity index is 1.53. The Labute approximate surface area is 190 Å². The lowest BCUT2D eigenvalue weighted by atomic mass is 9.86. The molecule has 6 heteroatoms. The molecule has 1 aliphatic carbocycles. The summed E-state index contributed by atoms with van der Waals surface area (Å²) in [5.41, 5.74) is 12.5. The highest BCUT2D eigenvalue weighted by Crippen LogP contribution is 2.32. The molecule has 0 saturated heterocycles. The molecule has 0 aliphatic heterocycles. The zero-order chi connectivity index (χ0) is 22.7. The molecular formula is C26H34N6. The summed E-state index contributed by atoms with van der Waals surface area (Å²) in [5, 5.41) is 19.3. The number of hydrogen-bond donors (Lipinski definition) is 4. The molecular weight excluding hydrogens is 396 g/mol. The Morgan fingerprint density at radius 3 is 2.59 bits per heavy atom. The van der Waals surface area contributed by atoms with Gasteiger partial charge in [-0.15, -0.1) is 0 Å². The predicted molar refractivity (Wildman–Crippen MR) is 134 cm³/mol. The van der Waals surface area contributed by atoms with E-state index in [1.807, 2.05) is 13.0 Å². The van der Waals surface area contributed by atoms with E-state index in [1.54, 1.807) is 0 Å². The van der Waals surface area contributed by atoms with E-state index in [0.29, 0.717) is 12.1 Å². The number of hydrogen-bond acceptors (Lipinski definition) is 5. The highest BCUT2D eigenvalue weighted by Gasteiger charge is 2.24. The van der Waals surface area contributed by atoms with Gasteiger partial charge in [0.05, 0.1) is 11.4 Å². The van der Waals surface area contributed by atoms with E-state index in [0.717, 1.165) is 47.9 Å². The normalized spacial score (nSPS) is 17.8. The molecule has 0 radical (unpaired) electrons. The summed E-state index contributed by atoms with van der Waals surface area (Å²) in [5.74, 6) is 0.824. The first kappa shape index (κ1) is 22.1. The molecule has 32 heavy (non-hydrogen) atoms. The van der Waals surface area contributed by atoms with Crippen molar-refractivity contribution in [1.82, 2.24) is 15.5 Å². The fraction of sp³-hybridized carbons (Fsp3) is 0.385. The Hall–Kier alpha value is -3.12. The van der Waals surface area contributed by atoms with E-state index in [9.17, 15) is 0 Å². The molecule has 1 aliphatic rings. The maximum absolute atomic E-state index is 4.85. The largest absolute Gasteiger partial charge is 0.339 e. The Morgan fingerprint density at radius 1 is 1.09 bits per heavy atom. The molecule has 1 aromatic heterocycles. The van der Waals surface area contributed by atoms with Gasteiger partial charge in [-0.3, -0.25) is 10.5 Å². The third-order valence-electron chi connectivity index (χ3n) is 6.48. The SMILES string of the molecule is CCC(C)NC1CC/C(=N\Nc2ccc(Nc3cc(C)[nH]n3)c(C)c2C)c2ccccc21. The average molecular weight is 431 g/mol. The van der Waals surface area contributed by atoms with E-state index in [4.69, 9.17) is 5.10 Å². The third kappa shape index (κ3) is 4.70. The molecule has 4 N–H and O–H groups in total. The highest BCUT2D eigenvalue weighted by atomic mass is 15.3. The number of fused-ring (bicyclic) bond motifs is 1. The molecule has 0 bridgehead atoms. The summed E-state index contributed by atoms with van der Waals surface area (Å²) >= 11 is 0. The van der Waals surface area contributed by atoms with Crippen molar-refractivity contribution in [3.63, 3.8) is 0 Å². The molecule has 0 saturated carbocycles. The zero-order valence-corrected chi connectivity index (χ0v) is 19.7. The number of rotatable bonds is 7. The maximum Gasteiger partial charge on any atom is 0.152 e. The van der Waals surface area contributed by atoms with Crippen LogP contribution in [0, 0.1) is 20.8 Å². The van der Waals surface area contributed by atoms with Crippen LogP contribution in [0.1, 0.15) is 67.1 Å². The maximum atomic E-state index is 4.85. The summed E-state index contributed by atoms with van der Waals surface area (Å²) in [6.45, 7) is 10.7. The van der Waals surface area contributed by atoms with Crippen molar-refractivity contribution in [2.75, 3.05) is 10.7 Å². The van der Waals surface area contributed by atoms with Gasteiger partial charge >= 0.3 is 0 Å². The van der Waals surface area contributed by atoms with Gasteiger partial charge in [0.2, 0.25) is 0 Å². The molecule has 0 fully saturated rings. The van der Waals surface area contributed by atoms with E-state index >= 15 is 0 Å². The standard InChI is InChI=1S/C26H34N6/c1-6-16(2)27-24-13-14-25(21-10-8-7-9-20(21)24)31-30-23-12-11-22(18(4)19(23)5)28-26-15-17(3)29-32-26/h7-12,15-16,24,27,30H,6,13-14H2,1-5H3,(H2,28,29,32)/b31-25+. The Bertz CT molecular complexity index is 1110. The van der Waals surface area contributed by atoms with Crippen LogP contribution in [0.5, 0.6) is 0 Å². The highest BCUT2D eigenvalue weighted by molar-refractivity contribution is 6.03. The lowest BCUT2D eigenvalue weighted by molar-refractivity contribution is 0.426. The van der Waals surface area contributed by atoms with Crippen LogP contribution in [0.25, 0.3) is 0 Å². The lowest BCUT2D eigenvalue weighted by Gasteiger charge is -2.29. The molecule has 168 valence electrons. The first-order valence-corrected chi connectivity index (χ1v) is 11.5. The minimum atomic E-state index is 0.389. The van der Waals surface area contributed by atoms with Gasteiger partial charge < -0.3 is 10.6 Å². The number of nitrogens with zero attached hydrogens (tertiary/aromatic N) is 2. The molecule has 2 unspecified atom stereocenters. The molecule has 0 spiro atoms. The van der Waals surface area contributed by atoms with Crippen LogP contribution in [-0.4, -0.2) is 22.0 Å². The van der Waals surface area contributed by atoms with Crippen LogP contribution < -0.4 is 16.1 Å². The lowest BCUT2D eigenvalue weighted by Crippen LogP contribution is -2.33. The monoisotopic (exact) mass is 430 g/mol. The van der Waals surface area contributed by atoms with Crippen LogP contribution in [0.15, 0.2) is 47.6 Å². The summed E-state index contributed by atoms with van der Waals surface area (Å²) in [6, 6.07) is 15.7.